The van der Waals surface area contributed by atoms with Crippen molar-refractivity contribution in [2.24, 2.45) is 0 Å². The molecule has 0 spiro atoms. The molecule has 0 saturated carbocycles. The van der Waals surface area contributed by atoms with Crippen LogP contribution in [-0.4, -0.2) is 82.7 Å². The molecule has 2 aromatic rings. The summed E-state index contributed by atoms with van der Waals surface area (Å²) in [6.07, 6.45) is -0.181. The van der Waals surface area contributed by atoms with Crippen LogP contribution in [0.1, 0.15) is 17.5 Å². The van der Waals surface area contributed by atoms with Crippen LogP contribution in [0.15, 0.2) is 49.1 Å². The van der Waals surface area contributed by atoms with Gasteiger partial charge in [-0.2, -0.15) is 26.3 Å². The van der Waals surface area contributed by atoms with Crippen LogP contribution in [0.2, 0.25) is 0 Å². The van der Waals surface area contributed by atoms with Gasteiger partial charge in [-0.3, -0.25) is 14.9 Å². The first-order chi connectivity index (χ1) is 17.4. The Bertz CT molecular complexity index is 1110. The van der Waals surface area contributed by atoms with Gasteiger partial charge in [0.25, 0.3) is 0 Å². The van der Waals surface area contributed by atoms with Gasteiger partial charge in [0.05, 0.1) is 6.26 Å². The smallest absolute Gasteiger partial charge is 0.475 e. The van der Waals surface area contributed by atoms with Gasteiger partial charge in [-0.25, -0.2) is 22.7 Å². The summed E-state index contributed by atoms with van der Waals surface area (Å²) in [6.45, 7) is 1.63. The van der Waals surface area contributed by atoms with E-state index in [1.165, 1.54) is 6.26 Å². The van der Waals surface area contributed by atoms with Crippen LogP contribution in [0.25, 0.3) is 0 Å². The quantitative estimate of drug-likeness (QED) is 0.442. The molecule has 1 fully saturated rings. The first kappa shape index (κ1) is 32.7. The Labute approximate surface area is 213 Å². The Hall–Kier alpha value is -3.31. The van der Waals surface area contributed by atoms with E-state index in [0.29, 0.717) is 0 Å². The number of sulfonamides is 1. The van der Waals surface area contributed by atoms with E-state index in [0.717, 1.165) is 37.1 Å². The molecule has 1 aliphatic heterocycles. The molecule has 0 unspecified atom stereocenters. The number of rotatable bonds is 6. The highest BCUT2D eigenvalue weighted by molar-refractivity contribution is 7.88. The minimum atomic E-state index is -5.08. The van der Waals surface area contributed by atoms with Crippen LogP contribution in [0.3, 0.4) is 0 Å². The summed E-state index contributed by atoms with van der Waals surface area (Å²) in [5, 5.41) is 14.2. The van der Waals surface area contributed by atoms with Crippen molar-refractivity contribution in [3.63, 3.8) is 0 Å². The monoisotopic (exact) mass is 574 g/mol. The third-order valence-electron chi connectivity index (χ3n) is 4.81. The first-order valence-corrected chi connectivity index (χ1v) is 12.4. The molecule has 3 rings (SSSR count). The normalized spacial score (nSPS) is 18.0. The molecule has 3 heterocycles. The number of carbonyl (C=O) groups is 2. The number of hydrogen-bond acceptors (Lipinski definition) is 7. The second kappa shape index (κ2) is 14.0. The second-order valence-electron chi connectivity index (χ2n) is 7.85. The van der Waals surface area contributed by atoms with Crippen molar-refractivity contribution in [2.75, 3.05) is 12.8 Å². The summed E-state index contributed by atoms with van der Waals surface area (Å²) in [5.41, 5.74) is 2.30. The summed E-state index contributed by atoms with van der Waals surface area (Å²) in [5.74, 6) is -5.51. The van der Waals surface area contributed by atoms with E-state index in [2.05, 4.69) is 19.6 Å². The van der Waals surface area contributed by atoms with Gasteiger partial charge in [-0.05, 0) is 42.2 Å². The highest BCUT2D eigenvalue weighted by Crippen LogP contribution is 2.24. The SMILES string of the molecule is CS(=O)(=O)N[C@@H]1CCN(Cc2cccnc2)[C@H]1Cc1ccncc1.O=C(O)C(F)(F)F.O=C(O)C(F)(F)F. The van der Waals surface area contributed by atoms with Crippen molar-refractivity contribution in [3.8, 4) is 0 Å². The maximum atomic E-state index is 11.7. The maximum Gasteiger partial charge on any atom is 0.490 e. The lowest BCUT2D eigenvalue weighted by atomic mass is 10.0. The average molecular weight is 575 g/mol. The Morgan fingerprint density at radius 3 is 1.92 bits per heavy atom. The summed E-state index contributed by atoms with van der Waals surface area (Å²) in [7, 11) is -3.23. The Balaban J connectivity index is 0.000000426. The summed E-state index contributed by atoms with van der Waals surface area (Å²) >= 11 is 0. The van der Waals surface area contributed by atoms with E-state index in [4.69, 9.17) is 19.8 Å². The standard InChI is InChI=1S/C17H22N4O2S.2C2HF3O2/c1-24(22,23)20-16-6-10-21(13-15-3-2-7-19-12-15)17(16)11-14-4-8-18-9-5-14;2*3-2(4,5)1(6)7/h2-5,7-9,12,16-17,20H,6,10-11,13H2,1H3;2*(H,6,7)/t16-,17+;;/m1../s1. The third-order valence-corrected chi connectivity index (χ3v) is 5.54. The number of likely N-dealkylation sites (tertiary alicyclic amines) is 1. The van der Waals surface area contributed by atoms with Crippen molar-refractivity contribution in [1.82, 2.24) is 19.6 Å². The molecule has 38 heavy (non-hydrogen) atoms. The third kappa shape index (κ3) is 12.8. The average Bonchev–Trinajstić information content (AvgIpc) is 3.14. The minimum Gasteiger partial charge on any atom is -0.475 e. The maximum absolute atomic E-state index is 11.7. The molecule has 3 N–H and O–H groups in total. The number of carboxylic acids is 2. The highest BCUT2D eigenvalue weighted by Gasteiger charge is 2.39. The topological polar surface area (TPSA) is 150 Å². The minimum absolute atomic E-state index is 0.0789. The number of pyridine rings is 2. The van der Waals surface area contributed by atoms with Crippen molar-refractivity contribution >= 4 is 22.0 Å². The lowest BCUT2D eigenvalue weighted by molar-refractivity contribution is -0.193. The fourth-order valence-corrected chi connectivity index (χ4v) is 4.11. The molecule has 10 nitrogen and oxygen atoms in total. The van der Waals surface area contributed by atoms with Gasteiger partial charge < -0.3 is 10.2 Å². The van der Waals surface area contributed by atoms with Crippen molar-refractivity contribution in [2.45, 2.75) is 43.8 Å². The predicted molar refractivity (Wildman–Crippen MR) is 120 cm³/mol. The molecule has 2 aromatic heterocycles. The number of alkyl halides is 6. The number of aromatic nitrogens is 2. The van der Waals surface area contributed by atoms with Gasteiger partial charge in [-0.1, -0.05) is 6.07 Å². The van der Waals surface area contributed by atoms with Crippen LogP contribution in [-0.2, 0) is 32.6 Å². The number of hydrogen-bond donors (Lipinski definition) is 3. The summed E-state index contributed by atoms with van der Waals surface area (Å²) < 4.78 is 89.7. The van der Waals surface area contributed by atoms with E-state index >= 15 is 0 Å². The van der Waals surface area contributed by atoms with Gasteiger partial charge >= 0.3 is 24.3 Å². The van der Waals surface area contributed by atoms with Gasteiger partial charge in [0.15, 0.2) is 0 Å². The molecule has 2 atom stereocenters. The van der Waals surface area contributed by atoms with Gasteiger partial charge in [0.1, 0.15) is 0 Å². The van der Waals surface area contributed by atoms with Crippen molar-refractivity contribution < 1.29 is 54.6 Å². The van der Waals surface area contributed by atoms with Crippen LogP contribution < -0.4 is 4.72 Å². The fourth-order valence-electron chi connectivity index (χ4n) is 3.28. The number of halogens is 6. The lowest BCUT2D eigenvalue weighted by Gasteiger charge is -2.28. The molecule has 0 aromatic carbocycles. The van der Waals surface area contributed by atoms with Crippen LogP contribution in [0, 0.1) is 0 Å². The predicted octanol–water partition coefficient (Wildman–Crippen LogP) is 2.48. The van der Waals surface area contributed by atoms with E-state index in [1.54, 1.807) is 18.6 Å². The Morgan fingerprint density at radius 2 is 1.50 bits per heavy atom. The molecular formula is C21H24F6N4O6S. The first-order valence-electron chi connectivity index (χ1n) is 10.5. The molecule has 0 amide bonds. The fraction of sp³-hybridized carbons (Fsp3) is 0.429. The van der Waals surface area contributed by atoms with Gasteiger partial charge in [-0.15, -0.1) is 0 Å². The molecule has 0 radical (unpaired) electrons. The van der Waals surface area contributed by atoms with E-state index in [-0.39, 0.29) is 12.1 Å². The highest BCUT2D eigenvalue weighted by atomic mass is 32.2. The Morgan fingerprint density at radius 1 is 0.974 bits per heavy atom. The number of carboxylic acid groups (broad SMARTS) is 2. The molecule has 0 bridgehead atoms. The molecule has 1 aliphatic rings. The Kier molecular flexibility index (Phi) is 12.1. The zero-order valence-electron chi connectivity index (χ0n) is 19.6. The van der Waals surface area contributed by atoms with Crippen LogP contribution in [0.4, 0.5) is 26.3 Å². The summed E-state index contributed by atoms with van der Waals surface area (Å²) in [4.78, 5) is 28.3. The number of nitrogens with one attached hydrogen (secondary N) is 1. The zero-order valence-corrected chi connectivity index (χ0v) is 20.5. The molecule has 17 heteroatoms. The summed E-state index contributed by atoms with van der Waals surface area (Å²) in [6, 6.07) is 7.98. The molecular weight excluding hydrogens is 550 g/mol. The zero-order chi connectivity index (χ0) is 29.1. The second-order valence-corrected chi connectivity index (χ2v) is 9.63. The molecule has 0 aliphatic carbocycles. The lowest BCUT2D eigenvalue weighted by Crippen LogP contribution is -2.45. The number of aliphatic carboxylic acids is 2. The largest absolute Gasteiger partial charge is 0.490 e. The van der Waals surface area contributed by atoms with Crippen LogP contribution >= 0.6 is 0 Å². The van der Waals surface area contributed by atoms with Crippen molar-refractivity contribution in [1.29, 1.82) is 0 Å². The van der Waals surface area contributed by atoms with Crippen molar-refractivity contribution in [3.05, 3.63) is 60.2 Å². The molecule has 1 saturated heterocycles. The number of nitrogens with zero attached hydrogens (tertiary/aromatic N) is 3. The van der Waals surface area contributed by atoms with E-state index in [1.807, 2.05) is 30.5 Å². The molecule has 212 valence electrons. The van der Waals surface area contributed by atoms with E-state index in [9.17, 15) is 34.8 Å². The van der Waals surface area contributed by atoms with Gasteiger partial charge in [0.2, 0.25) is 10.0 Å². The van der Waals surface area contributed by atoms with Gasteiger partial charge in [0, 0.05) is 50.0 Å². The van der Waals surface area contributed by atoms with E-state index < -0.39 is 34.3 Å². The van der Waals surface area contributed by atoms with Crippen LogP contribution in [0.5, 0.6) is 0 Å².